The number of likely N-dealkylation sites (tertiary alicyclic amines) is 1. The van der Waals surface area contributed by atoms with E-state index in [1.807, 2.05) is 0 Å². The molecule has 1 amide bonds. The first-order valence-corrected chi connectivity index (χ1v) is 6.09. The van der Waals surface area contributed by atoms with Crippen molar-refractivity contribution >= 4 is 17.6 Å². The largest absolute Gasteiger partial charge is 0.480 e. The molecule has 1 aliphatic heterocycles. The molecule has 1 heterocycles. The summed E-state index contributed by atoms with van der Waals surface area (Å²) in [7, 11) is 0. The van der Waals surface area contributed by atoms with Crippen LogP contribution in [-0.4, -0.2) is 34.5 Å². The number of carbonyl (C=O) groups is 2. The van der Waals surface area contributed by atoms with Gasteiger partial charge in [0.2, 0.25) is 0 Å². The van der Waals surface area contributed by atoms with E-state index in [0.717, 1.165) is 18.9 Å². The Labute approximate surface area is 109 Å². The van der Waals surface area contributed by atoms with Crippen molar-refractivity contribution in [3.63, 3.8) is 0 Å². The van der Waals surface area contributed by atoms with E-state index in [1.165, 1.54) is 17.0 Å². The van der Waals surface area contributed by atoms with Crippen LogP contribution in [0.5, 0.6) is 0 Å². The quantitative estimate of drug-likeness (QED) is 0.794. The Morgan fingerprint density at radius 3 is 2.74 bits per heavy atom. The lowest BCUT2D eigenvalue weighted by Crippen LogP contribution is -2.48. The highest BCUT2D eigenvalue weighted by atomic mass is 19.1. The summed E-state index contributed by atoms with van der Waals surface area (Å²) in [5.41, 5.74) is 5.44. The van der Waals surface area contributed by atoms with Gasteiger partial charge in [0.25, 0.3) is 5.91 Å². The number of carboxylic acid groups (broad SMARTS) is 1. The minimum absolute atomic E-state index is 0.0371. The number of carboxylic acids is 1. The van der Waals surface area contributed by atoms with Crippen LogP contribution in [0.25, 0.3) is 0 Å². The zero-order chi connectivity index (χ0) is 14.0. The van der Waals surface area contributed by atoms with Gasteiger partial charge in [0, 0.05) is 12.1 Å². The molecule has 0 spiro atoms. The van der Waals surface area contributed by atoms with Crippen molar-refractivity contribution in [1.82, 2.24) is 4.90 Å². The monoisotopic (exact) mass is 266 g/mol. The molecule has 0 radical (unpaired) electrons. The molecule has 5 nitrogen and oxygen atoms in total. The van der Waals surface area contributed by atoms with Crippen molar-refractivity contribution in [2.45, 2.75) is 25.3 Å². The van der Waals surface area contributed by atoms with Crippen LogP contribution in [0.2, 0.25) is 0 Å². The van der Waals surface area contributed by atoms with E-state index in [2.05, 4.69) is 0 Å². The SMILES string of the molecule is Nc1ccc(C(=O)N2CCCCC2C(=O)O)cc1F. The van der Waals surface area contributed by atoms with Crippen LogP contribution >= 0.6 is 0 Å². The van der Waals surface area contributed by atoms with Crippen molar-refractivity contribution in [2.75, 3.05) is 12.3 Å². The van der Waals surface area contributed by atoms with Gasteiger partial charge in [0.15, 0.2) is 0 Å². The first-order valence-electron chi connectivity index (χ1n) is 6.09. The minimum atomic E-state index is -1.02. The van der Waals surface area contributed by atoms with Crippen LogP contribution in [0.4, 0.5) is 10.1 Å². The lowest BCUT2D eigenvalue weighted by atomic mass is 10.0. The molecule has 1 aliphatic rings. The number of nitrogens with two attached hydrogens (primary N) is 1. The molecular weight excluding hydrogens is 251 g/mol. The molecule has 1 saturated heterocycles. The van der Waals surface area contributed by atoms with Gasteiger partial charge in [0.05, 0.1) is 5.69 Å². The Bertz CT molecular complexity index is 519. The molecule has 1 fully saturated rings. The number of anilines is 1. The maximum Gasteiger partial charge on any atom is 0.326 e. The highest BCUT2D eigenvalue weighted by molar-refractivity contribution is 5.97. The average Bonchev–Trinajstić information content (AvgIpc) is 2.41. The maximum atomic E-state index is 13.4. The number of nitrogens with zero attached hydrogens (tertiary/aromatic N) is 1. The second kappa shape index (κ2) is 5.26. The van der Waals surface area contributed by atoms with Gasteiger partial charge >= 0.3 is 5.97 Å². The van der Waals surface area contributed by atoms with Gasteiger partial charge in [-0.05, 0) is 37.5 Å². The number of piperidine rings is 1. The Hall–Kier alpha value is -2.11. The summed E-state index contributed by atoms with van der Waals surface area (Å²) in [5, 5.41) is 9.12. The number of hydrogen-bond acceptors (Lipinski definition) is 3. The zero-order valence-corrected chi connectivity index (χ0v) is 10.3. The van der Waals surface area contributed by atoms with Crippen molar-refractivity contribution < 1.29 is 19.1 Å². The third kappa shape index (κ3) is 2.67. The molecule has 2 rings (SSSR count). The van der Waals surface area contributed by atoms with Crippen LogP contribution in [0.3, 0.4) is 0 Å². The lowest BCUT2D eigenvalue weighted by Gasteiger charge is -2.33. The molecule has 0 saturated carbocycles. The molecule has 3 N–H and O–H groups in total. The highest BCUT2D eigenvalue weighted by Crippen LogP contribution is 2.21. The summed E-state index contributed by atoms with van der Waals surface area (Å²) in [6, 6.07) is 2.93. The van der Waals surface area contributed by atoms with Gasteiger partial charge in [-0.25, -0.2) is 9.18 Å². The predicted molar refractivity (Wildman–Crippen MR) is 67.1 cm³/mol. The summed E-state index contributed by atoms with van der Waals surface area (Å²) >= 11 is 0. The first-order chi connectivity index (χ1) is 9.00. The number of carbonyl (C=O) groups excluding carboxylic acids is 1. The topological polar surface area (TPSA) is 83.6 Å². The summed E-state index contributed by atoms with van der Waals surface area (Å²) in [4.78, 5) is 24.7. The van der Waals surface area contributed by atoms with Crippen molar-refractivity contribution in [1.29, 1.82) is 0 Å². The Morgan fingerprint density at radius 2 is 2.11 bits per heavy atom. The van der Waals surface area contributed by atoms with E-state index in [-0.39, 0.29) is 11.3 Å². The summed E-state index contributed by atoms with van der Waals surface area (Å²) in [6.07, 6.45) is 1.96. The fourth-order valence-electron chi connectivity index (χ4n) is 2.26. The Kier molecular flexibility index (Phi) is 3.69. The number of amides is 1. The van der Waals surface area contributed by atoms with E-state index >= 15 is 0 Å². The van der Waals surface area contributed by atoms with Crippen LogP contribution < -0.4 is 5.73 Å². The molecule has 1 aromatic rings. The number of aliphatic carboxylic acids is 1. The van der Waals surface area contributed by atoms with Gasteiger partial charge in [-0.2, -0.15) is 0 Å². The molecule has 0 aliphatic carbocycles. The van der Waals surface area contributed by atoms with Gasteiger partial charge in [0.1, 0.15) is 11.9 Å². The van der Waals surface area contributed by atoms with E-state index < -0.39 is 23.7 Å². The molecule has 0 aromatic heterocycles. The van der Waals surface area contributed by atoms with Gasteiger partial charge in [-0.15, -0.1) is 0 Å². The number of benzene rings is 1. The maximum absolute atomic E-state index is 13.4. The smallest absolute Gasteiger partial charge is 0.326 e. The van der Waals surface area contributed by atoms with Gasteiger partial charge in [-0.3, -0.25) is 4.79 Å². The van der Waals surface area contributed by atoms with Crippen LogP contribution in [0, 0.1) is 5.82 Å². The molecule has 1 aromatic carbocycles. The number of rotatable bonds is 2. The fraction of sp³-hybridized carbons (Fsp3) is 0.385. The molecular formula is C13H15FN2O3. The molecule has 0 bridgehead atoms. The van der Waals surface area contributed by atoms with E-state index in [4.69, 9.17) is 10.8 Å². The van der Waals surface area contributed by atoms with E-state index in [0.29, 0.717) is 13.0 Å². The van der Waals surface area contributed by atoms with Crippen LogP contribution in [-0.2, 0) is 4.79 Å². The van der Waals surface area contributed by atoms with Crippen molar-refractivity contribution in [2.24, 2.45) is 0 Å². The molecule has 19 heavy (non-hydrogen) atoms. The first kappa shape index (κ1) is 13.3. The summed E-state index contributed by atoms with van der Waals surface area (Å²) < 4.78 is 13.4. The van der Waals surface area contributed by atoms with Gasteiger partial charge < -0.3 is 15.7 Å². The zero-order valence-electron chi connectivity index (χ0n) is 10.3. The second-order valence-electron chi connectivity index (χ2n) is 4.58. The number of nitrogen functional groups attached to an aromatic ring is 1. The summed E-state index contributed by atoms with van der Waals surface area (Å²) in [6.45, 7) is 0.377. The lowest BCUT2D eigenvalue weighted by molar-refractivity contribution is -0.143. The molecule has 6 heteroatoms. The van der Waals surface area contributed by atoms with Crippen molar-refractivity contribution in [3.8, 4) is 0 Å². The van der Waals surface area contributed by atoms with Crippen molar-refractivity contribution in [3.05, 3.63) is 29.6 Å². The average molecular weight is 266 g/mol. The van der Waals surface area contributed by atoms with E-state index in [1.54, 1.807) is 0 Å². The second-order valence-corrected chi connectivity index (χ2v) is 4.58. The third-order valence-electron chi connectivity index (χ3n) is 3.30. The molecule has 1 atom stereocenters. The normalized spacial score (nSPS) is 19.2. The van der Waals surface area contributed by atoms with E-state index in [9.17, 15) is 14.0 Å². The Balaban J connectivity index is 2.26. The number of hydrogen-bond donors (Lipinski definition) is 2. The number of halogens is 1. The standard InChI is InChI=1S/C13H15FN2O3/c14-9-7-8(4-5-10(9)15)12(17)16-6-2-1-3-11(16)13(18)19/h4-5,7,11H,1-3,6,15H2,(H,18,19). The third-order valence-corrected chi connectivity index (χ3v) is 3.30. The highest BCUT2D eigenvalue weighted by Gasteiger charge is 2.32. The molecule has 102 valence electrons. The van der Waals surface area contributed by atoms with Crippen LogP contribution in [0.1, 0.15) is 29.6 Å². The van der Waals surface area contributed by atoms with Crippen LogP contribution in [0.15, 0.2) is 18.2 Å². The fourth-order valence-corrected chi connectivity index (χ4v) is 2.26. The summed E-state index contributed by atoms with van der Waals surface area (Å²) in [5.74, 6) is -2.16. The Morgan fingerprint density at radius 1 is 1.37 bits per heavy atom. The minimum Gasteiger partial charge on any atom is -0.480 e. The predicted octanol–water partition coefficient (Wildman–Crippen LogP) is 1.49. The molecule has 1 unspecified atom stereocenters. The van der Waals surface area contributed by atoms with Gasteiger partial charge in [-0.1, -0.05) is 0 Å².